The molecule has 0 radical (unpaired) electrons. The van der Waals surface area contributed by atoms with Crippen LogP contribution in [0.4, 0.5) is 4.39 Å². The van der Waals surface area contributed by atoms with E-state index < -0.39 is 5.82 Å². The minimum atomic E-state index is -0.426. The Kier molecular flexibility index (Phi) is 8.32. The number of carbonyl (C=O) groups excluding carboxylic acids is 1. The summed E-state index contributed by atoms with van der Waals surface area (Å²) >= 11 is 3.18. The van der Waals surface area contributed by atoms with Crippen LogP contribution in [0.25, 0.3) is 0 Å². The third-order valence-electron chi connectivity index (χ3n) is 3.11. The van der Waals surface area contributed by atoms with Gasteiger partial charge in [0, 0.05) is 29.7 Å². The first kappa shape index (κ1) is 19.4. The number of benzene rings is 1. The standard InChI is InChI=1S/C14H20BrFN2O.ClH/c1-9(2)13(17)4-5-18(3)14(19)10-6-11(15)8-12(16)7-10;/h6-9,13H,4-5,17H2,1-3H3;1H. The van der Waals surface area contributed by atoms with Gasteiger partial charge in [0.2, 0.25) is 0 Å². The van der Waals surface area contributed by atoms with Crippen molar-refractivity contribution in [3.05, 3.63) is 34.1 Å². The number of nitrogens with zero attached hydrogens (tertiary/aromatic N) is 1. The lowest BCUT2D eigenvalue weighted by atomic mass is 10.0. The molecule has 3 nitrogen and oxygen atoms in total. The molecule has 0 aliphatic heterocycles. The Labute approximate surface area is 134 Å². The van der Waals surface area contributed by atoms with Crippen LogP contribution in [-0.2, 0) is 0 Å². The Bertz CT molecular complexity index is 437. The van der Waals surface area contributed by atoms with Crippen LogP contribution in [0, 0.1) is 11.7 Å². The maximum Gasteiger partial charge on any atom is 0.253 e. The average Bonchev–Trinajstić information content (AvgIpc) is 2.33. The summed E-state index contributed by atoms with van der Waals surface area (Å²) in [5, 5.41) is 0. The molecule has 1 atom stereocenters. The third-order valence-corrected chi connectivity index (χ3v) is 3.57. The molecule has 0 fully saturated rings. The lowest BCUT2D eigenvalue weighted by Gasteiger charge is -2.21. The second kappa shape index (κ2) is 8.60. The molecule has 0 aliphatic rings. The number of hydrogen-bond donors (Lipinski definition) is 1. The second-order valence-electron chi connectivity index (χ2n) is 5.08. The van der Waals surface area contributed by atoms with Crippen molar-refractivity contribution in [2.24, 2.45) is 11.7 Å². The van der Waals surface area contributed by atoms with Gasteiger partial charge in [0.1, 0.15) is 5.82 Å². The smallest absolute Gasteiger partial charge is 0.253 e. The summed E-state index contributed by atoms with van der Waals surface area (Å²) in [5.41, 5.74) is 6.29. The highest BCUT2D eigenvalue weighted by molar-refractivity contribution is 9.10. The molecular formula is C14H21BrClFN2O. The Balaban J connectivity index is 0.00000361. The van der Waals surface area contributed by atoms with Crippen molar-refractivity contribution in [3.63, 3.8) is 0 Å². The second-order valence-corrected chi connectivity index (χ2v) is 6.00. The zero-order chi connectivity index (χ0) is 14.6. The highest BCUT2D eigenvalue weighted by atomic mass is 79.9. The van der Waals surface area contributed by atoms with Crippen molar-refractivity contribution in [1.29, 1.82) is 0 Å². The fraction of sp³-hybridized carbons (Fsp3) is 0.500. The summed E-state index contributed by atoms with van der Waals surface area (Å²) in [4.78, 5) is 13.7. The monoisotopic (exact) mass is 366 g/mol. The molecule has 1 amide bonds. The minimum Gasteiger partial charge on any atom is -0.342 e. The molecule has 114 valence electrons. The van der Waals surface area contributed by atoms with Crippen LogP contribution in [0.3, 0.4) is 0 Å². The van der Waals surface area contributed by atoms with Gasteiger partial charge in [0.25, 0.3) is 5.91 Å². The number of carbonyl (C=O) groups is 1. The van der Waals surface area contributed by atoms with E-state index in [2.05, 4.69) is 29.8 Å². The predicted molar refractivity (Wildman–Crippen MR) is 85.7 cm³/mol. The maximum atomic E-state index is 13.3. The minimum absolute atomic E-state index is 0. The van der Waals surface area contributed by atoms with E-state index in [0.717, 1.165) is 6.42 Å². The highest BCUT2D eigenvalue weighted by Gasteiger charge is 2.15. The number of amides is 1. The van der Waals surface area contributed by atoms with E-state index in [4.69, 9.17) is 5.73 Å². The molecule has 0 saturated heterocycles. The molecule has 1 rings (SSSR count). The molecular weight excluding hydrogens is 347 g/mol. The van der Waals surface area contributed by atoms with E-state index in [1.165, 1.54) is 12.1 Å². The summed E-state index contributed by atoms with van der Waals surface area (Å²) in [7, 11) is 1.70. The molecule has 1 aromatic rings. The molecule has 1 aromatic carbocycles. The fourth-order valence-corrected chi connectivity index (χ4v) is 2.14. The predicted octanol–water partition coefficient (Wildman–Crippen LogP) is 3.46. The first-order valence-corrected chi connectivity index (χ1v) is 7.07. The molecule has 0 aliphatic carbocycles. The number of halogens is 3. The molecule has 0 aromatic heterocycles. The number of rotatable bonds is 5. The molecule has 0 bridgehead atoms. The van der Waals surface area contributed by atoms with Gasteiger partial charge in [-0.2, -0.15) is 0 Å². The van der Waals surface area contributed by atoms with E-state index in [9.17, 15) is 9.18 Å². The van der Waals surface area contributed by atoms with Crippen LogP contribution in [0.2, 0.25) is 0 Å². The van der Waals surface area contributed by atoms with Crippen molar-refractivity contribution < 1.29 is 9.18 Å². The Morgan fingerprint density at radius 2 is 2.00 bits per heavy atom. The number of hydrogen-bond acceptors (Lipinski definition) is 2. The van der Waals surface area contributed by atoms with Gasteiger partial charge in [-0.3, -0.25) is 4.79 Å². The quantitative estimate of drug-likeness (QED) is 0.866. The van der Waals surface area contributed by atoms with Crippen molar-refractivity contribution in [1.82, 2.24) is 4.90 Å². The van der Waals surface area contributed by atoms with Crippen molar-refractivity contribution >= 4 is 34.2 Å². The van der Waals surface area contributed by atoms with Crippen molar-refractivity contribution in [2.75, 3.05) is 13.6 Å². The van der Waals surface area contributed by atoms with E-state index in [-0.39, 0.29) is 24.4 Å². The van der Waals surface area contributed by atoms with Crippen LogP contribution < -0.4 is 5.73 Å². The van der Waals surface area contributed by atoms with Crippen LogP contribution in [-0.4, -0.2) is 30.4 Å². The Hall–Kier alpha value is -0.650. The molecule has 0 heterocycles. The van der Waals surface area contributed by atoms with Crippen LogP contribution in [0.1, 0.15) is 30.6 Å². The van der Waals surface area contributed by atoms with Gasteiger partial charge in [-0.05, 0) is 30.5 Å². The Morgan fingerprint density at radius 1 is 1.40 bits per heavy atom. The van der Waals surface area contributed by atoms with E-state index in [1.54, 1.807) is 18.0 Å². The zero-order valence-corrected chi connectivity index (χ0v) is 14.3. The van der Waals surface area contributed by atoms with E-state index >= 15 is 0 Å². The summed E-state index contributed by atoms with van der Waals surface area (Å²) in [5.74, 6) is -0.243. The molecule has 0 spiro atoms. The first-order chi connectivity index (χ1) is 8.81. The molecule has 1 unspecified atom stereocenters. The Morgan fingerprint density at radius 3 is 2.50 bits per heavy atom. The molecule has 2 N–H and O–H groups in total. The summed E-state index contributed by atoms with van der Waals surface area (Å²) in [6.45, 7) is 4.67. The van der Waals surface area contributed by atoms with Crippen LogP contribution in [0.5, 0.6) is 0 Å². The van der Waals surface area contributed by atoms with Crippen LogP contribution in [0.15, 0.2) is 22.7 Å². The van der Waals surface area contributed by atoms with Gasteiger partial charge in [-0.1, -0.05) is 29.8 Å². The van der Waals surface area contributed by atoms with Gasteiger partial charge in [-0.15, -0.1) is 12.4 Å². The summed E-state index contributed by atoms with van der Waals surface area (Å²) < 4.78 is 13.8. The maximum absolute atomic E-state index is 13.3. The van der Waals surface area contributed by atoms with Gasteiger partial charge in [0.15, 0.2) is 0 Å². The fourth-order valence-electron chi connectivity index (χ4n) is 1.68. The first-order valence-electron chi connectivity index (χ1n) is 6.28. The topological polar surface area (TPSA) is 46.3 Å². The van der Waals surface area contributed by atoms with E-state index in [1.807, 2.05) is 0 Å². The molecule has 6 heteroatoms. The molecule has 20 heavy (non-hydrogen) atoms. The third kappa shape index (κ3) is 5.77. The van der Waals surface area contributed by atoms with Gasteiger partial charge < -0.3 is 10.6 Å². The van der Waals surface area contributed by atoms with Crippen LogP contribution >= 0.6 is 28.3 Å². The highest BCUT2D eigenvalue weighted by Crippen LogP contribution is 2.16. The lowest BCUT2D eigenvalue weighted by molar-refractivity contribution is 0.0788. The summed E-state index contributed by atoms with van der Waals surface area (Å²) in [6, 6.07) is 4.25. The van der Waals surface area contributed by atoms with Crippen molar-refractivity contribution in [3.8, 4) is 0 Å². The number of nitrogens with two attached hydrogens (primary N) is 1. The van der Waals surface area contributed by atoms with Crippen molar-refractivity contribution in [2.45, 2.75) is 26.3 Å². The van der Waals surface area contributed by atoms with Gasteiger partial charge in [0.05, 0.1) is 0 Å². The largest absolute Gasteiger partial charge is 0.342 e. The normalized spacial score (nSPS) is 11.9. The average molecular weight is 368 g/mol. The lowest BCUT2D eigenvalue weighted by Crippen LogP contribution is -2.34. The van der Waals surface area contributed by atoms with E-state index in [0.29, 0.717) is 22.5 Å². The van der Waals surface area contributed by atoms with Gasteiger partial charge >= 0.3 is 0 Å². The SMILES string of the molecule is CC(C)C(N)CCN(C)C(=O)c1cc(F)cc(Br)c1.Cl. The van der Waals surface area contributed by atoms with Gasteiger partial charge in [-0.25, -0.2) is 4.39 Å². The summed E-state index contributed by atoms with van der Waals surface area (Å²) in [6.07, 6.45) is 0.733. The zero-order valence-electron chi connectivity index (χ0n) is 11.9. The molecule has 0 saturated carbocycles.